The molecule has 1 atom stereocenters. The van der Waals surface area contributed by atoms with Crippen LogP contribution in [0.4, 0.5) is 0 Å². The van der Waals surface area contributed by atoms with Gasteiger partial charge in [-0.3, -0.25) is 14.4 Å². The minimum absolute atomic E-state index is 0.0806. The third-order valence-electron chi connectivity index (χ3n) is 14.0. The molecule has 6 nitrogen and oxygen atoms in total. The molecule has 73 heavy (non-hydrogen) atoms. The smallest absolute Gasteiger partial charge is 0.306 e. The van der Waals surface area contributed by atoms with Gasteiger partial charge in [0.05, 0.1) is 0 Å². The second kappa shape index (κ2) is 61.7. The van der Waals surface area contributed by atoms with Crippen molar-refractivity contribution in [3.8, 4) is 0 Å². The first-order valence-electron chi connectivity index (χ1n) is 31.8. The van der Waals surface area contributed by atoms with E-state index < -0.39 is 6.10 Å². The van der Waals surface area contributed by atoms with Crippen LogP contribution >= 0.6 is 0 Å². The van der Waals surface area contributed by atoms with E-state index in [1.165, 1.54) is 199 Å². The molecule has 1 unspecified atom stereocenters. The van der Waals surface area contributed by atoms with Gasteiger partial charge in [0.15, 0.2) is 6.10 Å². The molecule has 0 aliphatic heterocycles. The van der Waals surface area contributed by atoms with Gasteiger partial charge in [0.1, 0.15) is 13.2 Å². The first-order valence-corrected chi connectivity index (χ1v) is 31.8. The Kier molecular flexibility index (Phi) is 59.2. The van der Waals surface area contributed by atoms with E-state index in [1.807, 2.05) is 0 Å². The van der Waals surface area contributed by atoms with Crippen LogP contribution in [0.15, 0.2) is 60.8 Å². The number of hydrogen-bond donors (Lipinski definition) is 0. The first-order chi connectivity index (χ1) is 36.0. The fraction of sp³-hybridized carbons (Fsp3) is 0.806. The van der Waals surface area contributed by atoms with Crippen LogP contribution in [-0.2, 0) is 28.6 Å². The lowest BCUT2D eigenvalue weighted by Crippen LogP contribution is -2.30. The molecule has 0 radical (unpaired) electrons. The molecular weight excluding hydrogens is 901 g/mol. The molecule has 6 heteroatoms. The van der Waals surface area contributed by atoms with Gasteiger partial charge < -0.3 is 14.2 Å². The van der Waals surface area contributed by atoms with E-state index in [0.717, 1.165) is 89.9 Å². The van der Waals surface area contributed by atoms with Gasteiger partial charge in [-0.15, -0.1) is 0 Å². The van der Waals surface area contributed by atoms with Gasteiger partial charge in [-0.05, 0) is 103 Å². The van der Waals surface area contributed by atoms with Crippen molar-refractivity contribution in [3.63, 3.8) is 0 Å². The number of hydrogen-bond acceptors (Lipinski definition) is 6. The molecule has 0 aliphatic rings. The number of carbonyl (C=O) groups is 3. The van der Waals surface area contributed by atoms with E-state index >= 15 is 0 Å². The molecule has 0 saturated heterocycles. The number of esters is 3. The minimum atomic E-state index is -0.784. The third-order valence-corrected chi connectivity index (χ3v) is 14.0. The van der Waals surface area contributed by atoms with Gasteiger partial charge in [-0.25, -0.2) is 0 Å². The number of rotatable bonds is 58. The van der Waals surface area contributed by atoms with Gasteiger partial charge in [0.2, 0.25) is 0 Å². The Bertz CT molecular complexity index is 1310. The van der Waals surface area contributed by atoms with Crippen molar-refractivity contribution in [2.75, 3.05) is 13.2 Å². The van der Waals surface area contributed by atoms with Gasteiger partial charge in [0, 0.05) is 19.3 Å². The summed E-state index contributed by atoms with van der Waals surface area (Å²) >= 11 is 0. The van der Waals surface area contributed by atoms with E-state index in [9.17, 15) is 14.4 Å². The maximum absolute atomic E-state index is 12.9. The zero-order valence-electron chi connectivity index (χ0n) is 48.7. The molecule has 0 aromatic heterocycles. The van der Waals surface area contributed by atoms with Crippen LogP contribution in [0.25, 0.3) is 0 Å². The average Bonchev–Trinajstić information content (AvgIpc) is 3.39. The molecule has 0 rings (SSSR count). The van der Waals surface area contributed by atoms with Crippen LogP contribution in [0.1, 0.15) is 329 Å². The van der Waals surface area contributed by atoms with E-state index in [0.29, 0.717) is 19.3 Å². The second-order valence-electron chi connectivity index (χ2n) is 21.3. The summed E-state index contributed by atoms with van der Waals surface area (Å²) in [6.45, 7) is 6.59. The largest absolute Gasteiger partial charge is 0.462 e. The highest BCUT2D eigenvalue weighted by Gasteiger charge is 2.19. The van der Waals surface area contributed by atoms with Gasteiger partial charge in [0.25, 0.3) is 0 Å². The van der Waals surface area contributed by atoms with Crippen LogP contribution < -0.4 is 0 Å². The van der Waals surface area contributed by atoms with Crippen LogP contribution in [0.3, 0.4) is 0 Å². The molecule has 0 spiro atoms. The summed E-state index contributed by atoms with van der Waals surface area (Å²) in [5.41, 5.74) is 0. The Morgan fingerprint density at radius 3 is 0.849 bits per heavy atom. The second-order valence-corrected chi connectivity index (χ2v) is 21.3. The fourth-order valence-corrected chi connectivity index (χ4v) is 9.13. The predicted molar refractivity (Wildman–Crippen MR) is 316 cm³/mol. The highest BCUT2D eigenvalue weighted by molar-refractivity contribution is 5.71. The van der Waals surface area contributed by atoms with Crippen molar-refractivity contribution in [3.05, 3.63) is 60.8 Å². The first kappa shape index (κ1) is 70.1. The molecule has 0 N–H and O–H groups in total. The van der Waals surface area contributed by atoms with Crippen molar-refractivity contribution in [1.82, 2.24) is 0 Å². The van der Waals surface area contributed by atoms with Crippen molar-refractivity contribution in [2.24, 2.45) is 0 Å². The summed E-state index contributed by atoms with van der Waals surface area (Å²) in [6, 6.07) is 0. The maximum atomic E-state index is 12.9. The summed E-state index contributed by atoms with van der Waals surface area (Å²) in [5, 5.41) is 0. The number of unbranched alkanes of at least 4 members (excludes halogenated alkanes) is 37. The lowest BCUT2D eigenvalue weighted by atomic mass is 10.0. The number of allylic oxidation sites excluding steroid dienone is 10. The topological polar surface area (TPSA) is 78.9 Å². The van der Waals surface area contributed by atoms with E-state index in [-0.39, 0.29) is 31.1 Å². The van der Waals surface area contributed by atoms with Gasteiger partial charge >= 0.3 is 17.9 Å². The molecule has 424 valence electrons. The highest BCUT2D eigenvalue weighted by Crippen LogP contribution is 2.16. The molecule has 0 fully saturated rings. The normalized spacial score (nSPS) is 12.4. The monoisotopic (exact) mass is 1020 g/mol. The van der Waals surface area contributed by atoms with E-state index in [1.54, 1.807) is 0 Å². The molecular formula is C67H120O6. The van der Waals surface area contributed by atoms with E-state index in [2.05, 4.69) is 81.5 Å². The summed E-state index contributed by atoms with van der Waals surface area (Å²) < 4.78 is 16.9. The fourth-order valence-electron chi connectivity index (χ4n) is 9.13. The molecule has 0 aromatic rings. The Balaban J connectivity index is 4.26. The van der Waals surface area contributed by atoms with Gasteiger partial charge in [-0.2, -0.15) is 0 Å². The van der Waals surface area contributed by atoms with Gasteiger partial charge in [-0.1, -0.05) is 268 Å². The Morgan fingerprint density at radius 1 is 0.274 bits per heavy atom. The van der Waals surface area contributed by atoms with Crippen LogP contribution in [-0.4, -0.2) is 37.2 Å². The molecule has 0 amide bonds. The highest BCUT2D eigenvalue weighted by atomic mass is 16.6. The summed E-state index contributed by atoms with van der Waals surface area (Å²) in [4.78, 5) is 38.2. The van der Waals surface area contributed by atoms with E-state index in [4.69, 9.17) is 14.2 Å². The quantitative estimate of drug-likeness (QED) is 0.0261. The zero-order valence-corrected chi connectivity index (χ0v) is 48.7. The molecule has 0 saturated carbocycles. The number of carbonyl (C=O) groups excluding carboxylic acids is 3. The average molecular weight is 1020 g/mol. The molecule has 0 aromatic carbocycles. The number of ether oxygens (including phenoxy) is 3. The summed E-state index contributed by atoms with van der Waals surface area (Å²) in [7, 11) is 0. The molecule has 0 heterocycles. The van der Waals surface area contributed by atoms with Crippen molar-refractivity contribution < 1.29 is 28.6 Å². The van der Waals surface area contributed by atoms with Crippen molar-refractivity contribution in [1.29, 1.82) is 0 Å². The Morgan fingerprint density at radius 2 is 0.507 bits per heavy atom. The zero-order chi connectivity index (χ0) is 52.9. The van der Waals surface area contributed by atoms with Crippen LogP contribution in [0.5, 0.6) is 0 Å². The third kappa shape index (κ3) is 59.9. The summed E-state index contributed by atoms with van der Waals surface area (Å²) in [6.07, 6.45) is 78.0. The Hall–Kier alpha value is -2.89. The van der Waals surface area contributed by atoms with Crippen molar-refractivity contribution >= 4 is 17.9 Å². The predicted octanol–water partition coefficient (Wildman–Crippen LogP) is 21.6. The van der Waals surface area contributed by atoms with Crippen LogP contribution in [0.2, 0.25) is 0 Å². The van der Waals surface area contributed by atoms with Crippen LogP contribution in [0, 0.1) is 0 Å². The molecule has 0 bridgehead atoms. The lowest BCUT2D eigenvalue weighted by Gasteiger charge is -2.18. The van der Waals surface area contributed by atoms with Crippen molar-refractivity contribution in [2.45, 2.75) is 335 Å². The minimum Gasteiger partial charge on any atom is -0.462 e. The summed E-state index contributed by atoms with van der Waals surface area (Å²) in [5.74, 6) is -0.890. The maximum Gasteiger partial charge on any atom is 0.306 e. The standard InChI is InChI=1S/C67H120O6/c1-4-7-10-13-16-19-22-24-26-28-30-31-32-33-34-35-37-38-40-42-45-48-51-54-57-60-66(69)72-63-64(62-71-65(68)59-56-53-50-47-44-21-18-15-12-9-6-3)73-67(70)61-58-55-52-49-46-43-41-39-36-29-27-25-23-20-17-14-11-8-5-2/h15,17-18,20,25,27-28,30,36,39,64H,4-14,16,19,21-24,26,29,31-35,37-38,40-63H2,1-3H3/b18-15-,20-17-,27-25-,30-28-,39-36-. The molecule has 0 aliphatic carbocycles. The SMILES string of the molecule is CCCC/C=C\CCCCCCCC(=O)OCC(COC(=O)CCCCCCCCCCCCCCC/C=C\CCCCCCCCCC)OC(=O)CCCCCCCC/C=C\C/C=C\C/C=C\CCCCC. The Labute approximate surface area is 453 Å². The lowest BCUT2D eigenvalue weighted by molar-refractivity contribution is -0.167.